The van der Waals surface area contributed by atoms with E-state index in [0.29, 0.717) is 9.77 Å². The van der Waals surface area contributed by atoms with Crippen molar-refractivity contribution >= 4 is 21.4 Å². The van der Waals surface area contributed by atoms with Crippen LogP contribution in [0.25, 0.3) is 0 Å². The summed E-state index contributed by atoms with van der Waals surface area (Å²) in [6.07, 6.45) is 1.90. The summed E-state index contributed by atoms with van der Waals surface area (Å²) in [6, 6.07) is 1.55. The predicted octanol–water partition coefficient (Wildman–Crippen LogP) is 1.31. The average molecular weight is 318 g/mol. The lowest BCUT2D eigenvalue weighted by Gasteiger charge is -2.32. The van der Waals surface area contributed by atoms with Gasteiger partial charge in [0, 0.05) is 22.3 Å². The third kappa shape index (κ3) is 3.59. The van der Waals surface area contributed by atoms with Gasteiger partial charge in [0.25, 0.3) is 0 Å². The van der Waals surface area contributed by atoms with Crippen molar-refractivity contribution < 1.29 is 13.5 Å². The number of hydrogen-bond donors (Lipinski definition) is 2. The summed E-state index contributed by atoms with van der Waals surface area (Å²) in [5, 5.41) is 9.12. The van der Waals surface area contributed by atoms with Gasteiger partial charge in [-0.2, -0.15) is 0 Å². The maximum Gasteiger partial charge on any atom is 0.241 e. The zero-order valence-electron chi connectivity index (χ0n) is 11.9. The third-order valence-corrected chi connectivity index (χ3v) is 6.45. The molecule has 114 valence electrons. The molecule has 1 atom stereocenters. The van der Waals surface area contributed by atoms with Gasteiger partial charge in [-0.05, 0) is 38.9 Å². The molecule has 0 amide bonds. The number of likely N-dealkylation sites (N-methyl/N-ethyl adjacent to an activating group) is 1. The minimum Gasteiger partial charge on any atom is -0.391 e. The number of nitrogens with zero attached hydrogens (tertiary/aromatic N) is 1. The number of rotatable bonds is 5. The molecule has 1 aliphatic heterocycles. The van der Waals surface area contributed by atoms with E-state index in [9.17, 15) is 8.42 Å². The number of nitrogens with one attached hydrogen (secondary N) is 1. The maximum absolute atomic E-state index is 12.4. The van der Waals surface area contributed by atoms with Crippen LogP contribution in [-0.4, -0.2) is 44.1 Å². The SMILES string of the molecule is CCN1CCCC(NS(=O)(=O)c2cc(CO)sc2C)C1. The number of piperidine rings is 1. The van der Waals surface area contributed by atoms with Gasteiger partial charge in [-0.15, -0.1) is 11.3 Å². The number of likely N-dealkylation sites (tertiary alicyclic amines) is 1. The number of hydrogen-bond acceptors (Lipinski definition) is 5. The van der Waals surface area contributed by atoms with Gasteiger partial charge >= 0.3 is 0 Å². The minimum atomic E-state index is -3.49. The summed E-state index contributed by atoms with van der Waals surface area (Å²) < 4.78 is 27.7. The Morgan fingerprint density at radius 1 is 1.55 bits per heavy atom. The molecule has 1 unspecified atom stereocenters. The molecule has 0 saturated carbocycles. The highest BCUT2D eigenvalue weighted by Gasteiger charge is 2.26. The van der Waals surface area contributed by atoms with E-state index in [2.05, 4.69) is 16.5 Å². The van der Waals surface area contributed by atoms with Crippen molar-refractivity contribution in [3.05, 3.63) is 15.8 Å². The van der Waals surface area contributed by atoms with Crippen LogP contribution in [-0.2, 0) is 16.6 Å². The molecule has 0 aromatic carbocycles. The zero-order chi connectivity index (χ0) is 14.8. The first-order chi connectivity index (χ1) is 9.46. The standard InChI is InChI=1S/C13H22N2O3S2/c1-3-15-6-4-5-11(8-15)14-20(17,18)13-7-12(9-16)19-10(13)2/h7,11,14,16H,3-6,8-9H2,1-2H3. The minimum absolute atomic E-state index is 0.0226. The molecule has 0 aliphatic carbocycles. The fraction of sp³-hybridized carbons (Fsp3) is 0.692. The van der Waals surface area contributed by atoms with Crippen LogP contribution in [0.5, 0.6) is 0 Å². The average Bonchev–Trinajstić information content (AvgIpc) is 2.80. The van der Waals surface area contributed by atoms with E-state index >= 15 is 0 Å². The van der Waals surface area contributed by atoms with Gasteiger partial charge in [0.2, 0.25) is 10.0 Å². The van der Waals surface area contributed by atoms with Crippen LogP contribution in [0.2, 0.25) is 0 Å². The molecule has 2 N–H and O–H groups in total. The number of aryl methyl sites for hydroxylation is 1. The van der Waals surface area contributed by atoms with Gasteiger partial charge in [-0.3, -0.25) is 0 Å². The Morgan fingerprint density at radius 3 is 2.90 bits per heavy atom. The van der Waals surface area contributed by atoms with E-state index in [4.69, 9.17) is 5.11 Å². The molecule has 7 heteroatoms. The van der Waals surface area contributed by atoms with Crippen molar-refractivity contribution in [3.63, 3.8) is 0 Å². The number of aliphatic hydroxyl groups is 1. The number of sulfonamides is 1. The Bertz CT molecular complexity index is 554. The van der Waals surface area contributed by atoms with E-state index in [1.54, 1.807) is 13.0 Å². The molecule has 1 saturated heterocycles. The summed E-state index contributed by atoms with van der Waals surface area (Å²) in [4.78, 5) is 3.97. The van der Waals surface area contributed by atoms with Gasteiger partial charge in [0.15, 0.2) is 0 Å². The summed E-state index contributed by atoms with van der Waals surface area (Å²) in [5.41, 5.74) is 0. The molecule has 20 heavy (non-hydrogen) atoms. The highest BCUT2D eigenvalue weighted by molar-refractivity contribution is 7.89. The van der Waals surface area contributed by atoms with Crippen molar-refractivity contribution in [2.45, 2.75) is 44.2 Å². The third-order valence-electron chi connectivity index (χ3n) is 3.64. The first-order valence-electron chi connectivity index (χ1n) is 6.91. The fourth-order valence-electron chi connectivity index (χ4n) is 2.59. The topological polar surface area (TPSA) is 69.6 Å². The summed E-state index contributed by atoms with van der Waals surface area (Å²) in [6.45, 7) is 6.51. The van der Waals surface area contributed by atoms with E-state index in [1.807, 2.05) is 0 Å². The highest BCUT2D eigenvalue weighted by Crippen LogP contribution is 2.26. The molecular weight excluding hydrogens is 296 g/mol. The first-order valence-corrected chi connectivity index (χ1v) is 9.21. The largest absolute Gasteiger partial charge is 0.391 e. The van der Waals surface area contributed by atoms with Crippen LogP contribution in [0, 0.1) is 6.92 Å². The predicted molar refractivity (Wildman–Crippen MR) is 80.4 cm³/mol. The van der Waals surface area contributed by atoms with E-state index in [-0.39, 0.29) is 12.6 Å². The number of thiophene rings is 1. The first kappa shape index (κ1) is 15.9. The molecule has 2 rings (SSSR count). The van der Waals surface area contributed by atoms with Crippen LogP contribution in [0.4, 0.5) is 0 Å². The van der Waals surface area contributed by atoms with Crippen molar-refractivity contribution in [1.29, 1.82) is 0 Å². The zero-order valence-corrected chi connectivity index (χ0v) is 13.6. The van der Waals surface area contributed by atoms with Gasteiger partial charge in [0.1, 0.15) is 0 Å². The van der Waals surface area contributed by atoms with E-state index in [1.165, 1.54) is 11.3 Å². The second-order valence-corrected chi connectivity index (χ2v) is 8.17. The Morgan fingerprint density at radius 2 is 2.30 bits per heavy atom. The normalized spacial score (nSPS) is 21.2. The van der Waals surface area contributed by atoms with Crippen molar-refractivity contribution in [3.8, 4) is 0 Å². The van der Waals surface area contributed by atoms with Gasteiger partial charge in [-0.1, -0.05) is 6.92 Å². The van der Waals surface area contributed by atoms with E-state index < -0.39 is 10.0 Å². The Labute approximate surface area is 124 Å². The molecule has 0 bridgehead atoms. The monoisotopic (exact) mass is 318 g/mol. The molecule has 5 nitrogen and oxygen atoms in total. The summed E-state index contributed by atoms with van der Waals surface area (Å²) in [7, 11) is -3.49. The quantitative estimate of drug-likeness (QED) is 0.859. The lowest BCUT2D eigenvalue weighted by molar-refractivity contribution is 0.211. The van der Waals surface area contributed by atoms with Gasteiger partial charge in [0.05, 0.1) is 11.5 Å². The highest BCUT2D eigenvalue weighted by atomic mass is 32.2. The van der Waals surface area contributed by atoms with Gasteiger partial charge < -0.3 is 10.0 Å². The summed E-state index contributed by atoms with van der Waals surface area (Å²) in [5.74, 6) is 0. The fourth-order valence-corrected chi connectivity index (χ4v) is 5.35. The molecule has 1 fully saturated rings. The Hall–Kier alpha value is -0.470. The molecular formula is C13H22N2O3S2. The van der Waals surface area contributed by atoms with Crippen LogP contribution in [0.3, 0.4) is 0 Å². The van der Waals surface area contributed by atoms with Crippen LogP contribution >= 0.6 is 11.3 Å². The van der Waals surface area contributed by atoms with Crippen molar-refractivity contribution in [1.82, 2.24) is 9.62 Å². The molecule has 1 aromatic rings. The molecule has 1 aliphatic rings. The lowest BCUT2D eigenvalue weighted by Crippen LogP contribution is -2.47. The Balaban J connectivity index is 2.12. The van der Waals surface area contributed by atoms with Crippen molar-refractivity contribution in [2.75, 3.05) is 19.6 Å². The second-order valence-electron chi connectivity index (χ2n) is 5.14. The molecule has 0 spiro atoms. The number of aliphatic hydroxyl groups excluding tert-OH is 1. The summed E-state index contributed by atoms with van der Waals surface area (Å²) >= 11 is 1.33. The molecule has 2 heterocycles. The Kier molecular flexibility index (Phi) is 5.19. The molecule has 1 aromatic heterocycles. The maximum atomic E-state index is 12.4. The van der Waals surface area contributed by atoms with E-state index in [0.717, 1.165) is 37.4 Å². The lowest BCUT2D eigenvalue weighted by atomic mass is 10.1. The smallest absolute Gasteiger partial charge is 0.241 e. The van der Waals surface area contributed by atoms with Crippen LogP contribution < -0.4 is 4.72 Å². The second kappa shape index (κ2) is 6.53. The van der Waals surface area contributed by atoms with Crippen molar-refractivity contribution in [2.24, 2.45) is 0 Å². The van der Waals surface area contributed by atoms with Crippen LogP contribution in [0.15, 0.2) is 11.0 Å². The van der Waals surface area contributed by atoms with Crippen LogP contribution in [0.1, 0.15) is 29.5 Å². The molecule has 0 radical (unpaired) electrons. The van der Waals surface area contributed by atoms with Gasteiger partial charge in [-0.25, -0.2) is 13.1 Å².